The van der Waals surface area contributed by atoms with Gasteiger partial charge in [-0.1, -0.05) is 6.07 Å². The van der Waals surface area contributed by atoms with E-state index in [9.17, 15) is 28.0 Å². The summed E-state index contributed by atoms with van der Waals surface area (Å²) in [6, 6.07) is 6.39. The molecule has 158 valence electrons. The first-order chi connectivity index (χ1) is 14.2. The van der Waals surface area contributed by atoms with Crippen molar-refractivity contribution in [1.29, 1.82) is 5.26 Å². The van der Waals surface area contributed by atoms with E-state index in [-0.39, 0.29) is 29.6 Å². The van der Waals surface area contributed by atoms with Crippen molar-refractivity contribution in [3.63, 3.8) is 0 Å². The van der Waals surface area contributed by atoms with E-state index in [0.717, 1.165) is 6.07 Å². The number of carbonyl (C=O) groups excluding carboxylic acids is 1. The van der Waals surface area contributed by atoms with Crippen molar-refractivity contribution in [3.05, 3.63) is 51.4 Å². The fourth-order valence-electron chi connectivity index (χ4n) is 2.89. The van der Waals surface area contributed by atoms with Crippen molar-refractivity contribution in [2.75, 3.05) is 26.4 Å². The van der Waals surface area contributed by atoms with Gasteiger partial charge in [-0.25, -0.2) is 0 Å². The highest BCUT2D eigenvalue weighted by atomic mass is 19.4. The van der Waals surface area contributed by atoms with Crippen LogP contribution in [-0.4, -0.2) is 43.4 Å². The first kappa shape index (κ1) is 21.4. The maximum absolute atomic E-state index is 13.4. The summed E-state index contributed by atoms with van der Waals surface area (Å²) in [5.41, 5.74) is 1.24. The molecule has 8 nitrogen and oxygen atoms in total. The Balaban J connectivity index is 1.99. The fourth-order valence-corrected chi connectivity index (χ4v) is 2.89. The summed E-state index contributed by atoms with van der Waals surface area (Å²) in [4.78, 5) is 24.8. The zero-order valence-corrected chi connectivity index (χ0v) is 15.4. The number of halogens is 3. The molecule has 1 atom stereocenters. The maximum atomic E-state index is 13.4. The summed E-state index contributed by atoms with van der Waals surface area (Å²) in [7, 11) is 0. The van der Waals surface area contributed by atoms with Crippen LogP contribution in [0.1, 0.15) is 21.6 Å². The van der Waals surface area contributed by atoms with Crippen LogP contribution in [0.4, 0.5) is 13.2 Å². The molecule has 2 aromatic rings. The molecule has 2 heterocycles. The van der Waals surface area contributed by atoms with Gasteiger partial charge in [-0.2, -0.15) is 18.4 Å². The van der Waals surface area contributed by atoms with Gasteiger partial charge in [-0.05, 0) is 23.8 Å². The van der Waals surface area contributed by atoms with Gasteiger partial charge in [0.15, 0.2) is 0 Å². The van der Waals surface area contributed by atoms with Gasteiger partial charge in [0.2, 0.25) is 0 Å². The fraction of sp³-hybridized carbons (Fsp3) is 0.316. The third kappa shape index (κ3) is 4.61. The van der Waals surface area contributed by atoms with Crippen LogP contribution in [0.25, 0.3) is 11.1 Å². The van der Waals surface area contributed by atoms with Crippen molar-refractivity contribution >= 4 is 5.91 Å². The number of alkyl halides is 3. The lowest BCUT2D eigenvalue weighted by atomic mass is 9.99. The number of primary amides is 1. The minimum absolute atomic E-state index is 0.0378. The summed E-state index contributed by atoms with van der Waals surface area (Å²) in [6.45, 7) is 1.30. The minimum atomic E-state index is -4.91. The standard InChI is InChI=1S/C19H16F3N3O5/c20-19(21,22)16-13(6-14(17(24)26)18(27)25-16)10-1-2-15(11(5-10)7-23)30-9-12-8-28-3-4-29-12/h1-2,5-6,12H,3-4,8-9H2,(H2,24,26)(H,25,27). The van der Waals surface area contributed by atoms with Crippen molar-refractivity contribution in [2.24, 2.45) is 5.73 Å². The lowest BCUT2D eigenvalue weighted by Crippen LogP contribution is -2.33. The summed E-state index contributed by atoms with van der Waals surface area (Å²) in [6.07, 6.45) is -5.25. The molecule has 0 bridgehead atoms. The lowest BCUT2D eigenvalue weighted by Gasteiger charge is -2.23. The Morgan fingerprint density at radius 3 is 2.70 bits per heavy atom. The molecule has 0 radical (unpaired) electrons. The Bertz CT molecular complexity index is 1050. The molecule has 0 aliphatic carbocycles. The van der Waals surface area contributed by atoms with E-state index in [1.807, 2.05) is 6.07 Å². The predicted molar refractivity (Wildman–Crippen MR) is 96.8 cm³/mol. The first-order valence-electron chi connectivity index (χ1n) is 8.71. The number of carbonyl (C=O) groups is 1. The number of pyridine rings is 1. The minimum Gasteiger partial charge on any atom is -0.489 e. The number of hydrogen-bond acceptors (Lipinski definition) is 6. The summed E-state index contributed by atoms with van der Waals surface area (Å²) in [5, 5.41) is 9.40. The third-order valence-corrected chi connectivity index (χ3v) is 4.31. The van der Waals surface area contributed by atoms with Crippen molar-refractivity contribution in [2.45, 2.75) is 12.3 Å². The number of nitriles is 1. The van der Waals surface area contributed by atoms with Gasteiger partial charge in [0.05, 0.1) is 25.4 Å². The van der Waals surface area contributed by atoms with Crippen LogP contribution in [0.2, 0.25) is 0 Å². The normalized spacial score (nSPS) is 16.7. The Morgan fingerprint density at radius 2 is 2.10 bits per heavy atom. The van der Waals surface area contributed by atoms with E-state index in [1.165, 1.54) is 18.2 Å². The number of ether oxygens (including phenoxy) is 3. The van der Waals surface area contributed by atoms with E-state index in [1.54, 1.807) is 4.98 Å². The van der Waals surface area contributed by atoms with E-state index < -0.39 is 34.5 Å². The molecule has 0 spiro atoms. The van der Waals surface area contributed by atoms with Crippen LogP contribution in [0.3, 0.4) is 0 Å². The summed E-state index contributed by atoms with van der Waals surface area (Å²) < 4.78 is 56.5. The van der Waals surface area contributed by atoms with Gasteiger partial charge in [0.25, 0.3) is 11.5 Å². The Labute approximate surface area is 168 Å². The van der Waals surface area contributed by atoms with Crippen molar-refractivity contribution in [1.82, 2.24) is 4.98 Å². The number of rotatable bonds is 5. The van der Waals surface area contributed by atoms with Crippen LogP contribution in [0, 0.1) is 11.3 Å². The Kier molecular flexibility index (Phi) is 6.09. The number of hydrogen-bond donors (Lipinski definition) is 2. The molecule has 1 unspecified atom stereocenters. The number of nitrogens with one attached hydrogen (secondary N) is 1. The van der Waals surface area contributed by atoms with E-state index in [0.29, 0.717) is 19.8 Å². The zero-order valence-electron chi connectivity index (χ0n) is 15.4. The molecule has 1 aromatic heterocycles. The highest BCUT2D eigenvalue weighted by Gasteiger charge is 2.36. The van der Waals surface area contributed by atoms with E-state index >= 15 is 0 Å². The van der Waals surface area contributed by atoms with Crippen LogP contribution in [-0.2, 0) is 15.7 Å². The Hall–Kier alpha value is -3.36. The number of nitrogens with zero attached hydrogens (tertiary/aromatic N) is 1. The molecule has 1 aliphatic heterocycles. The molecular formula is C19H16F3N3O5. The number of benzene rings is 1. The maximum Gasteiger partial charge on any atom is 0.431 e. The van der Waals surface area contributed by atoms with Crippen LogP contribution in [0.15, 0.2) is 29.1 Å². The summed E-state index contributed by atoms with van der Waals surface area (Å²) in [5.74, 6) is -1.04. The van der Waals surface area contributed by atoms with E-state index in [2.05, 4.69) is 0 Å². The van der Waals surface area contributed by atoms with Gasteiger partial charge in [-0.3, -0.25) is 9.59 Å². The molecule has 1 aromatic carbocycles. The number of H-pyrrole nitrogens is 1. The average molecular weight is 423 g/mol. The van der Waals surface area contributed by atoms with Gasteiger partial charge < -0.3 is 24.9 Å². The van der Waals surface area contributed by atoms with Crippen LogP contribution < -0.4 is 16.0 Å². The van der Waals surface area contributed by atoms with Crippen molar-refractivity contribution < 1.29 is 32.2 Å². The summed E-state index contributed by atoms with van der Waals surface area (Å²) >= 11 is 0. The first-order valence-corrected chi connectivity index (χ1v) is 8.71. The van der Waals surface area contributed by atoms with Crippen molar-refractivity contribution in [3.8, 4) is 22.9 Å². The molecule has 3 rings (SSSR count). The van der Waals surface area contributed by atoms with Gasteiger partial charge in [-0.15, -0.1) is 0 Å². The van der Waals surface area contributed by atoms with Crippen LogP contribution >= 0.6 is 0 Å². The van der Waals surface area contributed by atoms with Gasteiger partial charge >= 0.3 is 6.18 Å². The Morgan fingerprint density at radius 1 is 1.33 bits per heavy atom. The highest BCUT2D eigenvalue weighted by Crippen LogP contribution is 2.36. The lowest BCUT2D eigenvalue weighted by molar-refractivity contribution is -0.140. The quantitative estimate of drug-likeness (QED) is 0.755. The smallest absolute Gasteiger partial charge is 0.431 e. The molecule has 11 heteroatoms. The SMILES string of the molecule is N#Cc1cc(-c2cc(C(N)=O)c(=O)[nH]c2C(F)(F)F)ccc1OCC1COCCO1. The molecule has 1 aliphatic rings. The third-order valence-electron chi connectivity index (χ3n) is 4.31. The van der Waals surface area contributed by atoms with E-state index in [4.69, 9.17) is 19.9 Å². The van der Waals surface area contributed by atoms with Gasteiger partial charge in [0, 0.05) is 5.56 Å². The van der Waals surface area contributed by atoms with Crippen LogP contribution in [0.5, 0.6) is 5.75 Å². The molecular weight excluding hydrogens is 407 g/mol. The number of aromatic amines is 1. The molecule has 1 fully saturated rings. The number of amides is 1. The molecule has 3 N–H and O–H groups in total. The number of aromatic nitrogens is 1. The zero-order chi connectivity index (χ0) is 21.9. The second-order valence-corrected chi connectivity index (χ2v) is 6.36. The molecule has 30 heavy (non-hydrogen) atoms. The molecule has 0 saturated carbocycles. The highest BCUT2D eigenvalue weighted by molar-refractivity contribution is 5.94. The second kappa shape index (κ2) is 8.56. The second-order valence-electron chi connectivity index (χ2n) is 6.36. The topological polar surface area (TPSA) is 127 Å². The molecule has 1 amide bonds. The monoisotopic (exact) mass is 423 g/mol. The predicted octanol–water partition coefficient (Wildman–Crippen LogP) is 1.83. The molecule has 1 saturated heterocycles. The largest absolute Gasteiger partial charge is 0.489 e. The number of nitrogens with two attached hydrogens (primary N) is 1. The average Bonchev–Trinajstić information content (AvgIpc) is 2.71. The van der Waals surface area contributed by atoms with Gasteiger partial charge in [0.1, 0.15) is 35.8 Å².